The van der Waals surface area contributed by atoms with Crippen molar-refractivity contribution < 1.29 is 18.6 Å². The van der Waals surface area contributed by atoms with Crippen LogP contribution in [0.1, 0.15) is 16.8 Å². The van der Waals surface area contributed by atoms with Gasteiger partial charge >= 0.3 is 0 Å². The largest absolute Gasteiger partial charge is 0.491 e. The summed E-state index contributed by atoms with van der Waals surface area (Å²) in [7, 11) is 0. The number of hydrogen-bond acceptors (Lipinski definition) is 7. The Balaban J connectivity index is 0.975. The van der Waals surface area contributed by atoms with E-state index in [4.69, 9.17) is 19.2 Å². The first-order chi connectivity index (χ1) is 20.5. The number of piperazine rings is 1. The first-order valence-corrected chi connectivity index (χ1v) is 15.4. The van der Waals surface area contributed by atoms with Gasteiger partial charge in [-0.15, -0.1) is 0 Å². The molecule has 0 spiro atoms. The normalized spacial score (nSPS) is 21.0. The lowest BCUT2D eigenvalue weighted by molar-refractivity contribution is -0.159. The Kier molecular flexibility index (Phi) is 8.81. The maximum atomic E-state index is 13.4. The summed E-state index contributed by atoms with van der Waals surface area (Å²) in [4.78, 5) is 14.3. The maximum Gasteiger partial charge on any atom is 0.205 e. The SMILES string of the molecule is Cc1nc(-c2ccccc2)ncc1CN1CCN(c2ccc(OC[C@@H]3CO[C@@](CBr)(c4ccc(F)cc4)O3)cc2)CC1. The van der Waals surface area contributed by atoms with Crippen LogP contribution in [-0.4, -0.2) is 65.7 Å². The van der Waals surface area contributed by atoms with Crippen molar-refractivity contribution in [3.63, 3.8) is 0 Å². The quantitative estimate of drug-likeness (QED) is 0.211. The number of benzene rings is 3. The summed E-state index contributed by atoms with van der Waals surface area (Å²) in [6.07, 6.45) is 1.74. The third-order valence-corrected chi connectivity index (χ3v) is 8.57. The zero-order valence-corrected chi connectivity index (χ0v) is 25.2. The number of aryl methyl sites for hydroxylation is 1. The predicted molar refractivity (Wildman–Crippen MR) is 164 cm³/mol. The third kappa shape index (κ3) is 6.49. The second-order valence-electron chi connectivity index (χ2n) is 10.7. The Hall–Kier alpha value is -3.37. The first-order valence-electron chi connectivity index (χ1n) is 14.2. The zero-order valence-electron chi connectivity index (χ0n) is 23.6. The van der Waals surface area contributed by atoms with Crippen molar-refractivity contribution in [3.8, 4) is 17.1 Å². The minimum absolute atomic E-state index is 0.232. The summed E-state index contributed by atoms with van der Waals surface area (Å²) in [5.74, 6) is 0.330. The Morgan fingerprint density at radius 1 is 0.976 bits per heavy atom. The van der Waals surface area contributed by atoms with Gasteiger partial charge in [-0.1, -0.05) is 58.4 Å². The van der Waals surface area contributed by atoms with E-state index >= 15 is 0 Å². The van der Waals surface area contributed by atoms with Gasteiger partial charge in [0.25, 0.3) is 0 Å². The fourth-order valence-corrected chi connectivity index (χ4v) is 5.99. The van der Waals surface area contributed by atoms with Crippen LogP contribution in [0.2, 0.25) is 0 Å². The lowest BCUT2D eigenvalue weighted by Crippen LogP contribution is -2.46. The van der Waals surface area contributed by atoms with E-state index in [1.807, 2.05) is 48.7 Å². The standard InChI is InChI=1S/C33H34BrFN4O3/c1-24-26(19-36-32(37-24)25-5-3-2-4-6-25)20-38-15-17-39(18-16-38)29-11-13-30(14-12-29)40-21-31-22-41-33(23-34,42-31)27-7-9-28(35)10-8-27/h2-14,19,31H,15-18,20-23H2,1H3/t31-,33-/m1/s1. The molecule has 0 radical (unpaired) electrons. The molecule has 0 N–H and O–H groups in total. The molecular formula is C33H34BrFN4O3. The van der Waals surface area contributed by atoms with Crippen molar-refractivity contribution in [2.45, 2.75) is 25.4 Å². The zero-order chi connectivity index (χ0) is 28.9. The van der Waals surface area contributed by atoms with E-state index in [1.165, 1.54) is 23.4 Å². The Bertz CT molecular complexity index is 1470. The topological polar surface area (TPSA) is 60.0 Å². The molecule has 218 valence electrons. The number of hydrogen-bond donors (Lipinski definition) is 0. The number of anilines is 1. The molecular weight excluding hydrogens is 599 g/mol. The van der Waals surface area contributed by atoms with Crippen LogP contribution < -0.4 is 9.64 Å². The number of alkyl halides is 1. The monoisotopic (exact) mass is 632 g/mol. The van der Waals surface area contributed by atoms with Gasteiger partial charge in [0.05, 0.1) is 11.9 Å². The number of aromatic nitrogens is 2. The van der Waals surface area contributed by atoms with Crippen molar-refractivity contribution in [3.05, 3.63) is 108 Å². The summed E-state index contributed by atoms with van der Waals surface area (Å²) < 4.78 is 31.6. The van der Waals surface area contributed by atoms with Crippen LogP contribution in [0.15, 0.2) is 85.1 Å². The van der Waals surface area contributed by atoms with E-state index in [0.717, 1.165) is 61.1 Å². The van der Waals surface area contributed by atoms with Crippen LogP contribution >= 0.6 is 15.9 Å². The number of ether oxygens (including phenoxy) is 3. The lowest BCUT2D eigenvalue weighted by Gasteiger charge is -2.36. The fourth-order valence-electron chi connectivity index (χ4n) is 5.37. The van der Waals surface area contributed by atoms with Crippen molar-refractivity contribution in [1.29, 1.82) is 0 Å². The summed E-state index contributed by atoms with van der Waals surface area (Å²) in [5, 5.41) is 0.442. The molecule has 6 rings (SSSR count). The molecule has 42 heavy (non-hydrogen) atoms. The minimum atomic E-state index is -0.939. The fraction of sp³-hybridized carbons (Fsp3) is 0.333. The number of nitrogens with zero attached hydrogens (tertiary/aromatic N) is 4. The van der Waals surface area contributed by atoms with E-state index in [-0.39, 0.29) is 11.9 Å². The third-order valence-electron chi connectivity index (χ3n) is 7.84. The second-order valence-corrected chi connectivity index (χ2v) is 11.2. The molecule has 4 aromatic rings. The molecule has 1 aromatic heterocycles. The highest BCUT2D eigenvalue weighted by Crippen LogP contribution is 2.36. The molecule has 0 bridgehead atoms. The second kappa shape index (κ2) is 12.9. The Labute approximate surface area is 254 Å². The van der Waals surface area contributed by atoms with Gasteiger partial charge in [-0.25, -0.2) is 14.4 Å². The lowest BCUT2D eigenvalue weighted by atomic mass is 10.1. The number of rotatable bonds is 9. The smallest absolute Gasteiger partial charge is 0.205 e. The Morgan fingerprint density at radius 2 is 1.71 bits per heavy atom. The first kappa shape index (κ1) is 28.7. The van der Waals surface area contributed by atoms with Gasteiger partial charge < -0.3 is 19.1 Å². The molecule has 7 nitrogen and oxygen atoms in total. The molecule has 0 unspecified atom stereocenters. The van der Waals surface area contributed by atoms with Gasteiger partial charge in [-0.2, -0.15) is 0 Å². The van der Waals surface area contributed by atoms with Crippen molar-refractivity contribution in [2.75, 3.05) is 49.6 Å². The van der Waals surface area contributed by atoms with Crippen LogP contribution in [0, 0.1) is 12.7 Å². The van der Waals surface area contributed by atoms with Gasteiger partial charge in [-0.05, 0) is 43.3 Å². The van der Waals surface area contributed by atoms with Gasteiger partial charge in [0.15, 0.2) is 5.82 Å². The highest BCUT2D eigenvalue weighted by Gasteiger charge is 2.42. The van der Waals surface area contributed by atoms with Crippen molar-refractivity contribution >= 4 is 21.6 Å². The molecule has 2 aliphatic rings. The van der Waals surface area contributed by atoms with E-state index in [0.29, 0.717) is 18.5 Å². The van der Waals surface area contributed by atoms with E-state index in [1.54, 1.807) is 12.1 Å². The molecule has 3 aromatic carbocycles. The average Bonchev–Trinajstić information content (AvgIpc) is 3.47. The van der Waals surface area contributed by atoms with Crippen LogP contribution in [0.5, 0.6) is 5.75 Å². The van der Waals surface area contributed by atoms with Crippen LogP contribution in [0.3, 0.4) is 0 Å². The summed E-state index contributed by atoms with van der Waals surface area (Å²) >= 11 is 3.49. The van der Waals surface area contributed by atoms with Crippen LogP contribution in [0.4, 0.5) is 10.1 Å². The molecule has 0 amide bonds. The summed E-state index contributed by atoms with van der Waals surface area (Å²) in [6, 6.07) is 24.5. The molecule has 2 aliphatic heterocycles. The van der Waals surface area contributed by atoms with Crippen LogP contribution in [0.25, 0.3) is 11.4 Å². The molecule has 2 saturated heterocycles. The molecule has 0 aliphatic carbocycles. The highest BCUT2D eigenvalue weighted by atomic mass is 79.9. The maximum absolute atomic E-state index is 13.4. The van der Waals surface area contributed by atoms with E-state index in [9.17, 15) is 4.39 Å². The molecule has 2 atom stereocenters. The molecule has 0 saturated carbocycles. The van der Waals surface area contributed by atoms with Gasteiger partial charge in [0.1, 0.15) is 24.3 Å². The minimum Gasteiger partial charge on any atom is -0.491 e. The van der Waals surface area contributed by atoms with Crippen LogP contribution in [-0.2, 0) is 21.8 Å². The molecule has 9 heteroatoms. The van der Waals surface area contributed by atoms with Crippen molar-refractivity contribution in [1.82, 2.24) is 14.9 Å². The van der Waals surface area contributed by atoms with E-state index < -0.39 is 5.79 Å². The highest BCUT2D eigenvalue weighted by molar-refractivity contribution is 9.09. The predicted octanol–water partition coefficient (Wildman–Crippen LogP) is 5.96. The van der Waals surface area contributed by atoms with Gasteiger partial charge in [-0.3, -0.25) is 4.90 Å². The summed E-state index contributed by atoms with van der Waals surface area (Å²) in [5.41, 5.74) is 5.20. The van der Waals surface area contributed by atoms with Gasteiger partial charge in [0.2, 0.25) is 5.79 Å². The average molecular weight is 634 g/mol. The number of halogens is 2. The van der Waals surface area contributed by atoms with Crippen molar-refractivity contribution in [2.24, 2.45) is 0 Å². The molecule has 2 fully saturated rings. The Morgan fingerprint density at radius 3 is 2.40 bits per heavy atom. The summed E-state index contributed by atoms with van der Waals surface area (Å²) in [6.45, 7) is 7.53. The van der Waals surface area contributed by atoms with Gasteiger partial charge in [0, 0.05) is 67.0 Å². The van der Waals surface area contributed by atoms with E-state index in [2.05, 4.69) is 49.8 Å². The molecule has 3 heterocycles.